The second kappa shape index (κ2) is 3.06. The van der Waals surface area contributed by atoms with Gasteiger partial charge in [0.25, 0.3) is 0 Å². The van der Waals surface area contributed by atoms with E-state index < -0.39 is 0 Å². The van der Waals surface area contributed by atoms with Crippen molar-refractivity contribution in [1.82, 2.24) is 19.9 Å². The van der Waals surface area contributed by atoms with Crippen LogP contribution in [0.3, 0.4) is 0 Å². The Kier molecular flexibility index (Phi) is 1.72. The molecule has 2 aromatic heterocycles. The minimum atomic E-state index is 0.516. The summed E-state index contributed by atoms with van der Waals surface area (Å²) in [6.45, 7) is 1.80. The van der Waals surface area contributed by atoms with Gasteiger partial charge in [-0.15, -0.1) is 0 Å². The Morgan fingerprint density at radius 1 is 1.40 bits per heavy atom. The largest absolute Gasteiger partial charge is 0.382 e. The highest BCUT2D eigenvalue weighted by atomic mass is 15.3. The van der Waals surface area contributed by atoms with E-state index in [1.54, 1.807) is 0 Å². The van der Waals surface area contributed by atoms with Crippen LogP contribution in [0.25, 0.3) is 11.1 Å². The number of hydrogen-bond donors (Lipinski definition) is 2. The van der Waals surface area contributed by atoms with Crippen molar-refractivity contribution in [3.63, 3.8) is 0 Å². The zero-order valence-electron chi connectivity index (χ0n) is 8.14. The standard InChI is InChI=1S/C10H11N5/c11-10-9-2-1-8(7-3-4-12-5-7)15(9)14-6-13-10/h1-3,6,12H,4-5H2,(H2,11,13,14). The fraction of sp³-hybridized carbons (Fsp3) is 0.200. The number of aromatic nitrogens is 3. The number of nitrogens with two attached hydrogens (primary N) is 1. The second-order valence-electron chi connectivity index (χ2n) is 3.52. The van der Waals surface area contributed by atoms with Crippen molar-refractivity contribution in [2.24, 2.45) is 0 Å². The average molecular weight is 201 g/mol. The molecule has 3 heterocycles. The Labute approximate surface area is 86.6 Å². The maximum Gasteiger partial charge on any atom is 0.151 e. The van der Waals surface area contributed by atoms with Crippen LogP contribution in [-0.2, 0) is 0 Å². The topological polar surface area (TPSA) is 68.2 Å². The van der Waals surface area contributed by atoms with E-state index in [0.717, 1.165) is 24.3 Å². The van der Waals surface area contributed by atoms with Crippen molar-refractivity contribution < 1.29 is 0 Å². The molecule has 0 atom stereocenters. The highest BCUT2D eigenvalue weighted by Gasteiger charge is 2.12. The molecule has 0 amide bonds. The van der Waals surface area contributed by atoms with Crippen molar-refractivity contribution in [2.75, 3.05) is 18.8 Å². The highest BCUT2D eigenvalue weighted by Crippen LogP contribution is 2.20. The number of hydrogen-bond acceptors (Lipinski definition) is 4. The summed E-state index contributed by atoms with van der Waals surface area (Å²) < 4.78 is 1.83. The monoisotopic (exact) mass is 201 g/mol. The lowest BCUT2D eigenvalue weighted by molar-refractivity contribution is 0.871. The molecule has 5 heteroatoms. The zero-order valence-corrected chi connectivity index (χ0v) is 8.14. The Morgan fingerprint density at radius 3 is 3.13 bits per heavy atom. The highest BCUT2D eigenvalue weighted by molar-refractivity contribution is 5.74. The predicted octanol–water partition coefficient (Wildman–Crippen LogP) is 0.298. The molecule has 0 aromatic carbocycles. The summed E-state index contributed by atoms with van der Waals surface area (Å²) in [6, 6.07) is 3.98. The molecule has 3 N–H and O–H groups in total. The van der Waals surface area contributed by atoms with E-state index in [2.05, 4.69) is 21.5 Å². The van der Waals surface area contributed by atoms with Crippen molar-refractivity contribution in [2.45, 2.75) is 0 Å². The zero-order chi connectivity index (χ0) is 10.3. The molecule has 0 fully saturated rings. The molecule has 0 saturated heterocycles. The average Bonchev–Trinajstić information content (AvgIpc) is 2.85. The van der Waals surface area contributed by atoms with Gasteiger partial charge >= 0.3 is 0 Å². The molecule has 2 aromatic rings. The van der Waals surface area contributed by atoms with Gasteiger partial charge in [-0.1, -0.05) is 6.08 Å². The molecule has 0 radical (unpaired) electrons. The quantitative estimate of drug-likeness (QED) is 0.696. The maximum atomic E-state index is 5.76. The van der Waals surface area contributed by atoms with Gasteiger partial charge in [-0.05, 0) is 17.7 Å². The third-order valence-corrected chi connectivity index (χ3v) is 2.62. The molecule has 15 heavy (non-hydrogen) atoms. The second-order valence-corrected chi connectivity index (χ2v) is 3.52. The number of anilines is 1. The van der Waals surface area contributed by atoms with Crippen LogP contribution >= 0.6 is 0 Å². The third kappa shape index (κ3) is 1.20. The minimum absolute atomic E-state index is 0.516. The van der Waals surface area contributed by atoms with E-state index in [-0.39, 0.29) is 0 Å². The first kappa shape index (κ1) is 8.43. The predicted molar refractivity (Wildman–Crippen MR) is 58.2 cm³/mol. The summed E-state index contributed by atoms with van der Waals surface area (Å²) in [7, 11) is 0. The Balaban J connectivity index is 2.24. The Morgan fingerprint density at radius 2 is 2.33 bits per heavy atom. The number of rotatable bonds is 1. The first-order valence-corrected chi connectivity index (χ1v) is 4.84. The van der Waals surface area contributed by atoms with Gasteiger partial charge < -0.3 is 11.1 Å². The fourth-order valence-electron chi connectivity index (χ4n) is 1.87. The lowest BCUT2D eigenvalue weighted by Crippen LogP contribution is -2.09. The first-order chi connectivity index (χ1) is 7.36. The van der Waals surface area contributed by atoms with Gasteiger partial charge in [-0.3, -0.25) is 0 Å². The summed E-state index contributed by atoms with van der Waals surface area (Å²) in [4.78, 5) is 3.96. The van der Waals surface area contributed by atoms with E-state index in [4.69, 9.17) is 5.73 Å². The van der Waals surface area contributed by atoms with Crippen molar-refractivity contribution in [1.29, 1.82) is 0 Å². The van der Waals surface area contributed by atoms with E-state index in [9.17, 15) is 0 Å². The van der Waals surface area contributed by atoms with Crippen LogP contribution in [-0.4, -0.2) is 27.7 Å². The Bertz CT molecular complexity index is 540. The maximum absolute atomic E-state index is 5.76. The van der Waals surface area contributed by atoms with Crippen molar-refractivity contribution >= 4 is 16.9 Å². The van der Waals surface area contributed by atoms with Crippen LogP contribution < -0.4 is 11.1 Å². The van der Waals surface area contributed by atoms with Crippen molar-refractivity contribution in [3.8, 4) is 0 Å². The molecule has 0 saturated carbocycles. The lowest BCUT2D eigenvalue weighted by atomic mass is 10.2. The molecule has 0 aliphatic carbocycles. The molecule has 1 aliphatic heterocycles. The van der Waals surface area contributed by atoms with Crippen LogP contribution in [0.2, 0.25) is 0 Å². The number of nitrogens with zero attached hydrogens (tertiary/aromatic N) is 3. The van der Waals surface area contributed by atoms with Gasteiger partial charge in [-0.25, -0.2) is 9.50 Å². The van der Waals surface area contributed by atoms with E-state index >= 15 is 0 Å². The number of nitrogen functional groups attached to an aromatic ring is 1. The van der Waals surface area contributed by atoms with Crippen LogP contribution in [0.5, 0.6) is 0 Å². The van der Waals surface area contributed by atoms with Gasteiger partial charge in [0.05, 0.1) is 5.69 Å². The van der Waals surface area contributed by atoms with Crippen LogP contribution in [0, 0.1) is 0 Å². The SMILES string of the molecule is Nc1ncnn2c(C3=CCNC3)ccc12. The summed E-state index contributed by atoms with van der Waals surface area (Å²) >= 11 is 0. The van der Waals surface area contributed by atoms with Crippen LogP contribution in [0.15, 0.2) is 24.5 Å². The molecule has 0 bridgehead atoms. The van der Waals surface area contributed by atoms with Gasteiger partial charge in [0.2, 0.25) is 0 Å². The molecule has 5 nitrogen and oxygen atoms in total. The third-order valence-electron chi connectivity index (χ3n) is 2.62. The molecule has 3 rings (SSSR count). The van der Waals surface area contributed by atoms with E-state index in [1.807, 2.05) is 16.6 Å². The van der Waals surface area contributed by atoms with Gasteiger partial charge in [-0.2, -0.15) is 5.10 Å². The molecule has 76 valence electrons. The summed E-state index contributed by atoms with van der Waals surface area (Å²) in [5.74, 6) is 0.516. The lowest BCUT2D eigenvalue weighted by Gasteiger charge is -2.02. The molecule has 0 spiro atoms. The van der Waals surface area contributed by atoms with E-state index in [0.29, 0.717) is 5.82 Å². The molecular formula is C10H11N5. The Hall–Kier alpha value is -1.88. The normalized spacial score (nSPS) is 15.9. The molecule has 1 aliphatic rings. The fourth-order valence-corrected chi connectivity index (χ4v) is 1.87. The minimum Gasteiger partial charge on any atom is -0.382 e. The summed E-state index contributed by atoms with van der Waals surface area (Å²) in [6.07, 6.45) is 3.65. The van der Waals surface area contributed by atoms with Crippen molar-refractivity contribution in [3.05, 3.63) is 30.2 Å². The molecular weight excluding hydrogens is 190 g/mol. The number of fused-ring (bicyclic) bond motifs is 1. The van der Waals surface area contributed by atoms with Gasteiger partial charge in [0.1, 0.15) is 11.8 Å². The summed E-state index contributed by atoms with van der Waals surface area (Å²) in [5, 5.41) is 7.46. The van der Waals surface area contributed by atoms with Gasteiger partial charge in [0.15, 0.2) is 5.82 Å². The van der Waals surface area contributed by atoms with Gasteiger partial charge in [0, 0.05) is 13.1 Å². The molecule has 0 unspecified atom stereocenters. The summed E-state index contributed by atoms with van der Waals surface area (Å²) in [5.41, 5.74) is 8.97. The van der Waals surface area contributed by atoms with E-state index in [1.165, 1.54) is 11.9 Å². The smallest absolute Gasteiger partial charge is 0.151 e. The van der Waals surface area contributed by atoms with Crippen LogP contribution in [0.1, 0.15) is 5.69 Å². The first-order valence-electron chi connectivity index (χ1n) is 4.84. The number of nitrogens with one attached hydrogen (secondary N) is 1. The van der Waals surface area contributed by atoms with Crippen LogP contribution in [0.4, 0.5) is 5.82 Å².